The Labute approximate surface area is 107 Å². The topological polar surface area (TPSA) is 25.8 Å². The van der Waals surface area contributed by atoms with Crippen LogP contribution in [-0.2, 0) is 12.8 Å². The molecule has 0 aliphatic carbocycles. The molecule has 0 unspecified atom stereocenters. The van der Waals surface area contributed by atoms with Gasteiger partial charge in [-0.3, -0.25) is 0 Å². The first-order valence-electron chi connectivity index (χ1n) is 6.49. The molecule has 2 nitrogen and oxygen atoms in total. The summed E-state index contributed by atoms with van der Waals surface area (Å²) >= 11 is 0. The average molecular weight is 236 g/mol. The van der Waals surface area contributed by atoms with Crippen molar-refractivity contribution in [3.05, 3.63) is 47.5 Å². The lowest BCUT2D eigenvalue weighted by molar-refractivity contribution is 1.14. The predicted octanol–water partition coefficient (Wildman–Crippen LogP) is 3.91. The van der Waals surface area contributed by atoms with Crippen molar-refractivity contribution in [2.45, 2.75) is 26.7 Å². The van der Waals surface area contributed by atoms with Crippen LogP contribution in [0.2, 0.25) is 0 Å². The molecule has 0 fully saturated rings. The minimum absolute atomic E-state index is 0.976. The highest BCUT2D eigenvalue weighted by atomic mass is 14.8. The van der Waals surface area contributed by atoms with E-state index in [9.17, 15) is 0 Å². The van der Waals surface area contributed by atoms with Crippen LogP contribution in [0, 0.1) is 0 Å². The highest BCUT2D eigenvalue weighted by Crippen LogP contribution is 2.19. The first kappa shape index (κ1) is 11.1. The zero-order valence-electron chi connectivity index (χ0n) is 10.8. The van der Waals surface area contributed by atoms with Crippen LogP contribution in [0.5, 0.6) is 0 Å². The minimum atomic E-state index is 0.976. The number of benzene rings is 2. The molecule has 0 N–H and O–H groups in total. The van der Waals surface area contributed by atoms with Gasteiger partial charge in [0.15, 0.2) is 0 Å². The van der Waals surface area contributed by atoms with Crippen LogP contribution < -0.4 is 0 Å². The molecule has 3 aromatic rings. The summed E-state index contributed by atoms with van der Waals surface area (Å²) in [6.45, 7) is 4.32. The molecule has 0 atom stereocenters. The maximum absolute atomic E-state index is 4.73. The van der Waals surface area contributed by atoms with Gasteiger partial charge in [-0.05, 0) is 48.2 Å². The van der Waals surface area contributed by atoms with Crippen LogP contribution >= 0.6 is 0 Å². The lowest BCUT2D eigenvalue weighted by atomic mass is 10.1. The largest absolute Gasteiger partial charge is 0.245 e. The molecule has 0 radical (unpaired) electrons. The van der Waals surface area contributed by atoms with E-state index in [1.807, 2.05) is 0 Å². The van der Waals surface area contributed by atoms with E-state index in [2.05, 4.69) is 55.2 Å². The summed E-state index contributed by atoms with van der Waals surface area (Å²) < 4.78 is 0. The molecule has 18 heavy (non-hydrogen) atoms. The molecule has 0 spiro atoms. The maximum Gasteiger partial charge on any atom is 0.0897 e. The van der Waals surface area contributed by atoms with Gasteiger partial charge >= 0.3 is 0 Å². The van der Waals surface area contributed by atoms with Crippen molar-refractivity contribution in [2.24, 2.45) is 0 Å². The fourth-order valence-electron chi connectivity index (χ4n) is 2.21. The second-order valence-corrected chi connectivity index (χ2v) is 4.58. The SMILES string of the molecule is CCc1ccc2nc3ccc(CC)cc3nc2c1. The van der Waals surface area contributed by atoms with Crippen molar-refractivity contribution in [2.75, 3.05) is 0 Å². The van der Waals surface area contributed by atoms with E-state index in [0.717, 1.165) is 34.9 Å². The summed E-state index contributed by atoms with van der Waals surface area (Å²) in [5.74, 6) is 0. The van der Waals surface area contributed by atoms with Crippen molar-refractivity contribution in [3.8, 4) is 0 Å². The van der Waals surface area contributed by atoms with E-state index in [-0.39, 0.29) is 0 Å². The number of fused-ring (bicyclic) bond motifs is 2. The summed E-state index contributed by atoms with van der Waals surface area (Å²) in [6.07, 6.45) is 2.06. The Hall–Kier alpha value is -1.96. The molecule has 0 saturated carbocycles. The second kappa shape index (κ2) is 4.37. The van der Waals surface area contributed by atoms with Gasteiger partial charge in [0.05, 0.1) is 22.1 Å². The Balaban J connectivity index is 2.29. The Morgan fingerprint density at radius 2 is 1.11 bits per heavy atom. The van der Waals surface area contributed by atoms with E-state index in [1.165, 1.54) is 11.1 Å². The van der Waals surface area contributed by atoms with Gasteiger partial charge in [0.2, 0.25) is 0 Å². The first-order valence-corrected chi connectivity index (χ1v) is 6.49. The number of rotatable bonds is 2. The Morgan fingerprint density at radius 3 is 1.56 bits per heavy atom. The standard InChI is InChI=1S/C16H16N2/c1-3-11-5-7-13-15(9-11)18-16-10-12(4-2)6-8-14(16)17-13/h5-10H,3-4H2,1-2H3. The van der Waals surface area contributed by atoms with Crippen molar-refractivity contribution in [3.63, 3.8) is 0 Å². The molecule has 0 amide bonds. The number of aromatic nitrogens is 2. The van der Waals surface area contributed by atoms with Gasteiger partial charge in [-0.15, -0.1) is 0 Å². The molecule has 1 heterocycles. The molecule has 2 aromatic carbocycles. The number of hydrogen-bond acceptors (Lipinski definition) is 2. The third kappa shape index (κ3) is 1.84. The summed E-state index contributed by atoms with van der Waals surface area (Å²) in [6, 6.07) is 12.7. The fraction of sp³-hybridized carbons (Fsp3) is 0.250. The minimum Gasteiger partial charge on any atom is -0.245 e. The van der Waals surface area contributed by atoms with E-state index < -0.39 is 0 Å². The van der Waals surface area contributed by atoms with E-state index in [1.54, 1.807) is 0 Å². The number of aryl methyl sites for hydroxylation is 2. The fourth-order valence-corrected chi connectivity index (χ4v) is 2.21. The van der Waals surface area contributed by atoms with Crippen molar-refractivity contribution in [1.29, 1.82) is 0 Å². The van der Waals surface area contributed by atoms with Crippen LogP contribution in [0.3, 0.4) is 0 Å². The van der Waals surface area contributed by atoms with Gasteiger partial charge in [0.1, 0.15) is 0 Å². The maximum atomic E-state index is 4.73. The van der Waals surface area contributed by atoms with Gasteiger partial charge < -0.3 is 0 Å². The van der Waals surface area contributed by atoms with Crippen LogP contribution in [0.4, 0.5) is 0 Å². The molecular weight excluding hydrogens is 220 g/mol. The van der Waals surface area contributed by atoms with Gasteiger partial charge in [-0.1, -0.05) is 26.0 Å². The summed E-state index contributed by atoms with van der Waals surface area (Å²) in [7, 11) is 0. The van der Waals surface area contributed by atoms with Crippen LogP contribution in [-0.4, -0.2) is 9.97 Å². The first-order chi connectivity index (χ1) is 8.80. The second-order valence-electron chi connectivity index (χ2n) is 4.58. The molecule has 0 aliphatic heterocycles. The number of hydrogen-bond donors (Lipinski definition) is 0. The van der Waals surface area contributed by atoms with Crippen molar-refractivity contribution >= 4 is 22.1 Å². The summed E-state index contributed by atoms with van der Waals surface area (Å²) in [5, 5.41) is 0. The summed E-state index contributed by atoms with van der Waals surface area (Å²) in [5.41, 5.74) is 6.56. The van der Waals surface area contributed by atoms with Crippen LogP contribution in [0.1, 0.15) is 25.0 Å². The van der Waals surface area contributed by atoms with Gasteiger partial charge in [0, 0.05) is 0 Å². The van der Waals surface area contributed by atoms with E-state index >= 15 is 0 Å². The molecule has 1 aromatic heterocycles. The molecule has 90 valence electrons. The monoisotopic (exact) mass is 236 g/mol. The van der Waals surface area contributed by atoms with Gasteiger partial charge in [-0.2, -0.15) is 0 Å². The summed E-state index contributed by atoms with van der Waals surface area (Å²) in [4.78, 5) is 9.40. The highest BCUT2D eigenvalue weighted by molar-refractivity contribution is 5.86. The zero-order chi connectivity index (χ0) is 12.5. The van der Waals surface area contributed by atoms with Crippen molar-refractivity contribution < 1.29 is 0 Å². The lowest BCUT2D eigenvalue weighted by Crippen LogP contribution is -1.90. The quantitative estimate of drug-likeness (QED) is 0.630. The lowest BCUT2D eigenvalue weighted by Gasteiger charge is -2.04. The Kier molecular flexibility index (Phi) is 2.71. The highest BCUT2D eigenvalue weighted by Gasteiger charge is 2.03. The smallest absolute Gasteiger partial charge is 0.0897 e. The third-order valence-corrected chi connectivity index (χ3v) is 3.38. The van der Waals surface area contributed by atoms with Gasteiger partial charge in [0.25, 0.3) is 0 Å². The molecule has 3 rings (SSSR count). The van der Waals surface area contributed by atoms with E-state index in [0.29, 0.717) is 0 Å². The van der Waals surface area contributed by atoms with E-state index in [4.69, 9.17) is 4.98 Å². The normalized spacial score (nSPS) is 11.2. The van der Waals surface area contributed by atoms with Crippen LogP contribution in [0.25, 0.3) is 22.1 Å². The predicted molar refractivity (Wildman–Crippen MR) is 75.8 cm³/mol. The molecule has 2 heteroatoms. The Bertz CT molecular complexity index is 658. The average Bonchev–Trinajstić information content (AvgIpc) is 2.43. The molecule has 0 bridgehead atoms. The van der Waals surface area contributed by atoms with Crippen LogP contribution in [0.15, 0.2) is 36.4 Å². The number of nitrogens with zero attached hydrogens (tertiary/aromatic N) is 2. The van der Waals surface area contributed by atoms with Gasteiger partial charge in [-0.25, -0.2) is 9.97 Å². The molecule has 0 aliphatic rings. The molecule has 0 saturated heterocycles. The molecular formula is C16H16N2. The third-order valence-electron chi connectivity index (χ3n) is 3.38. The zero-order valence-corrected chi connectivity index (χ0v) is 10.8. The van der Waals surface area contributed by atoms with Crippen molar-refractivity contribution in [1.82, 2.24) is 9.97 Å². The Morgan fingerprint density at radius 1 is 0.667 bits per heavy atom.